The molecule has 3 N–H and O–H groups in total. The zero-order valence-electron chi connectivity index (χ0n) is 18.4. The summed E-state index contributed by atoms with van der Waals surface area (Å²) in [5.41, 5.74) is 4.21. The predicted octanol–water partition coefficient (Wildman–Crippen LogP) is 4.31. The number of ether oxygens (including phenoxy) is 2. The number of halogens is 2. The number of benzene rings is 2. The normalized spacial score (nSPS) is 16.1. The largest absolute Gasteiger partial charge is 0.488 e. The average Bonchev–Trinajstić information content (AvgIpc) is 3.41. The van der Waals surface area contributed by atoms with E-state index in [0.717, 1.165) is 53.2 Å². The van der Waals surface area contributed by atoms with Crippen molar-refractivity contribution in [2.75, 3.05) is 26.8 Å². The van der Waals surface area contributed by atoms with Gasteiger partial charge in [-0.05, 0) is 48.7 Å². The molecular formula is C24H30FIN4O2. The molecule has 0 amide bonds. The highest BCUT2D eigenvalue weighted by molar-refractivity contribution is 14.0. The first-order valence-electron chi connectivity index (χ1n) is 10.7. The highest BCUT2D eigenvalue weighted by Crippen LogP contribution is 2.24. The number of aryl methyl sites for hydroxylation is 1. The van der Waals surface area contributed by atoms with E-state index < -0.39 is 0 Å². The molecular weight excluding hydrogens is 522 g/mol. The molecule has 2 aromatic carbocycles. The van der Waals surface area contributed by atoms with Gasteiger partial charge in [0, 0.05) is 49.2 Å². The molecule has 3 aromatic rings. The zero-order valence-corrected chi connectivity index (χ0v) is 20.7. The van der Waals surface area contributed by atoms with Gasteiger partial charge >= 0.3 is 0 Å². The van der Waals surface area contributed by atoms with Gasteiger partial charge in [0.25, 0.3) is 0 Å². The molecule has 1 saturated heterocycles. The molecule has 0 bridgehead atoms. The maximum atomic E-state index is 13.4. The van der Waals surface area contributed by atoms with Crippen molar-refractivity contribution in [3.05, 3.63) is 65.1 Å². The fraction of sp³-hybridized carbons (Fsp3) is 0.375. The molecule has 8 heteroatoms. The van der Waals surface area contributed by atoms with Crippen molar-refractivity contribution in [1.29, 1.82) is 0 Å². The van der Waals surface area contributed by atoms with Crippen LogP contribution in [0.4, 0.5) is 4.39 Å². The summed E-state index contributed by atoms with van der Waals surface area (Å²) in [4.78, 5) is 7.45. The van der Waals surface area contributed by atoms with Crippen LogP contribution in [0, 0.1) is 12.7 Å². The summed E-state index contributed by atoms with van der Waals surface area (Å²) >= 11 is 0. The molecule has 0 saturated carbocycles. The first-order valence-corrected chi connectivity index (χ1v) is 10.7. The summed E-state index contributed by atoms with van der Waals surface area (Å²) in [6.45, 7) is 4.78. The molecule has 1 unspecified atom stereocenters. The molecule has 1 fully saturated rings. The number of guanidine groups is 1. The Hall–Kier alpha value is -2.33. The number of H-pyrrole nitrogens is 1. The van der Waals surface area contributed by atoms with Gasteiger partial charge in [0.1, 0.15) is 17.7 Å². The third-order valence-corrected chi connectivity index (χ3v) is 5.49. The summed E-state index contributed by atoms with van der Waals surface area (Å²) in [6, 6.07) is 11.1. The molecule has 2 heterocycles. The topological polar surface area (TPSA) is 70.7 Å². The first kappa shape index (κ1) is 24.3. The van der Waals surface area contributed by atoms with Crippen molar-refractivity contribution < 1.29 is 13.9 Å². The second-order valence-electron chi connectivity index (χ2n) is 7.82. The number of aromatic amines is 1. The lowest BCUT2D eigenvalue weighted by atomic mass is 10.1. The van der Waals surface area contributed by atoms with E-state index in [-0.39, 0.29) is 35.9 Å². The van der Waals surface area contributed by atoms with Crippen molar-refractivity contribution in [3.8, 4) is 5.75 Å². The van der Waals surface area contributed by atoms with Crippen LogP contribution in [0.15, 0.2) is 47.6 Å². The van der Waals surface area contributed by atoms with Crippen molar-refractivity contribution in [1.82, 2.24) is 15.6 Å². The second kappa shape index (κ2) is 11.5. The number of hydrogen-bond donors (Lipinski definition) is 3. The lowest BCUT2D eigenvalue weighted by Gasteiger charge is -2.18. The highest BCUT2D eigenvalue weighted by atomic mass is 127. The molecule has 0 spiro atoms. The molecule has 4 rings (SSSR count). The molecule has 172 valence electrons. The van der Waals surface area contributed by atoms with Gasteiger partial charge in [0.15, 0.2) is 5.96 Å². The Kier molecular flexibility index (Phi) is 8.75. The van der Waals surface area contributed by atoms with Gasteiger partial charge in [-0.25, -0.2) is 4.39 Å². The van der Waals surface area contributed by atoms with Gasteiger partial charge in [-0.15, -0.1) is 24.0 Å². The van der Waals surface area contributed by atoms with Gasteiger partial charge in [-0.1, -0.05) is 12.1 Å². The van der Waals surface area contributed by atoms with Gasteiger partial charge in [-0.2, -0.15) is 0 Å². The van der Waals surface area contributed by atoms with Crippen LogP contribution in [0.1, 0.15) is 23.1 Å². The van der Waals surface area contributed by atoms with Crippen molar-refractivity contribution in [2.24, 2.45) is 4.99 Å². The van der Waals surface area contributed by atoms with Gasteiger partial charge in [0.05, 0.1) is 13.2 Å². The molecule has 1 aliphatic heterocycles. The van der Waals surface area contributed by atoms with E-state index in [1.165, 1.54) is 17.7 Å². The number of aliphatic imine (C=N–C) groups is 1. The number of hydrogen-bond acceptors (Lipinski definition) is 3. The van der Waals surface area contributed by atoms with Crippen LogP contribution in [0.3, 0.4) is 0 Å². The third-order valence-electron chi connectivity index (χ3n) is 5.49. The average molecular weight is 552 g/mol. The lowest BCUT2D eigenvalue weighted by molar-refractivity contribution is 0.140. The Bertz CT molecular complexity index is 1060. The Balaban J connectivity index is 0.00000289. The van der Waals surface area contributed by atoms with Gasteiger partial charge in [0.2, 0.25) is 0 Å². The van der Waals surface area contributed by atoms with Crippen LogP contribution in [0.2, 0.25) is 0 Å². The van der Waals surface area contributed by atoms with Gasteiger partial charge in [-0.3, -0.25) is 4.99 Å². The number of nitrogens with one attached hydrogen (secondary N) is 3. The molecule has 0 radical (unpaired) electrons. The SMILES string of the molecule is CN=C(NCCc1c[nH]c2cc(F)ccc12)NCc1ccc(C)cc1OC1CCOC1.I. The van der Waals surface area contributed by atoms with Crippen LogP contribution < -0.4 is 15.4 Å². The minimum Gasteiger partial charge on any atom is -0.488 e. The fourth-order valence-corrected chi connectivity index (χ4v) is 3.78. The summed E-state index contributed by atoms with van der Waals surface area (Å²) in [5.74, 6) is 1.38. The van der Waals surface area contributed by atoms with Crippen LogP contribution in [0.25, 0.3) is 10.9 Å². The van der Waals surface area contributed by atoms with E-state index in [2.05, 4.69) is 45.7 Å². The Morgan fingerprint density at radius 1 is 1.22 bits per heavy atom. The molecule has 32 heavy (non-hydrogen) atoms. The highest BCUT2D eigenvalue weighted by Gasteiger charge is 2.18. The van der Waals surface area contributed by atoms with Gasteiger partial charge < -0.3 is 25.1 Å². The lowest BCUT2D eigenvalue weighted by Crippen LogP contribution is -2.38. The quantitative estimate of drug-likeness (QED) is 0.232. The van der Waals surface area contributed by atoms with E-state index in [1.54, 1.807) is 7.05 Å². The summed E-state index contributed by atoms with van der Waals surface area (Å²) in [5, 5.41) is 7.76. The monoisotopic (exact) mass is 552 g/mol. The number of rotatable bonds is 7. The summed E-state index contributed by atoms with van der Waals surface area (Å²) in [6.07, 6.45) is 3.77. The Labute approximate surface area is 205 Å². The molecule has 1 aromatic heterocycles. The Morgan fingerprint density at radius 3 is 2.88 bits per heavy atom. The summed E-state index contributed by atoms with van der Waals surface area (Å²) in [7, 11) is 1.76. The first-order chi connectivity index (χ1) is 15.1. The minimum absolute atomic E-state index is 0. The van der Waals surface area contributed by atoms with E-state index in [0.29, 0.717) is 19.7 Å². The smallest absolute Gasteiger partial charge is 0.191 e. The van der Waals surface area contributed by atoms with E-state index in [1.807, 2.05) is 12.3 Å². The predicted molar refractivity (Wildman–Crippen MR) is 137 cm³/mol. The standard InChI is InChI=1S/C24H29FN4O2.HI/c1-16-3-4-18(23(11-16)31-20-8-10-30-15-20)14-29-24(26-2)27-9-7-17-13-28-22-12-19(25)5-6-21(17)22;/h3-6,11-13,20,28H,7-10,14-15H2,1-2H3,(H2,26,27,29);1H. The zero-order chi connectivity index (χ0) is 21.6. The maximum Gasteiger partial charge on any atom is 0.191 e. The number of nitrogens with zero attached hydrogens (tertiary/aromatic N) is 1. The minimum atomic E-state index is -0.233. The molecule has 0 aliphatic carbocycles. The van der Waals surface area contributed by atoms with Crippen molar-refractivity contribution >= 4 is 40.8 Å². The maximum absolute atomic E-state index is 13.4. The molecule has 1 aliphatic rings. The van der Waals surface area contributed by atoms with Crippen LogP contribution >= 0.6 is 24.0 Å². The van der Waals surface area contributed by atoms with E-state index >= 15 is 0 Å². The van der Waals surface area contributed by atoms with Crippen molar-refractivity contribution in [3.63, 3.8) is 0 Å². The fourth-order valence-electron chi connectivity index (χ4n) is 3.78. The molecule has 6 nitrogen and oxygen atoms in total. The number of fused-ring (bicyclic) bond motifs is 1. The van der Waals surface area contributed by atoms with Crippen LogP contribution in [-0.2, 0) is 17.7 Å². The molecule has 1 atom stereocenters. The van der Waals surface area contributed by atoms with Crippen molar-refractivity contribution in [2.45, 2.75) is 32.4 Å². The Morgan fingerprint density at radius 2 is 2.09 bits per heavy atom. The third kappa shape index (κ3) is 6.13. The van der Waals surface area contributed by atoms with E-state index in [4.69, 9.17) is 9.47 Å². The second-order valence-corrected chi connectivity index (χ2v) is 7.82. The van der Waals surface area contributed by atoms with E-state index in [9.17, 15) is 4.39 Å². The van der Waals surface area contributed by atoms with Crippen LogP contribution in [-0.4, -0.2) is 43.9 Å². The summed E-state index contributed by atoms with van der Waals surface area (Å²) < 4.78 is 25.0. The number of aromatic nitrogens is 1. The van der Waals surface area contributed by atoms with Crippen LogP contribution in [0.5, 0.6) is 5.75 Å².